The second-order valence-corrected chi connectivity index (χ2v) is 26.6. The lowest BCUT2D eigenvalue weighted by Gasteiger charge is -2.28. The van der Waals surface area contributed by atoms with Crippen LogP contribution in [0.4, 0.5) is 0 Å². The molecule has 0 aromatic rings. The summed E-state index contributed by atoms with van der Waals surface area (Å²) in [7, 11) is 0. The Morgan fingerprint density at radius 2 is 0.486 bits per heavy atom. The van der Waals surface area contributed by atoms with Crippen LogP contribution in [-0.4, -0.2) is 209 Å². The zero-order valence-electron chi connectivity index (χ0n) is 39.1. The molecule has 4 amide bonds. The predicted molar refractivity (Wildman–Crippen MR) is 285 cm³/mol. The van der Waals surface area contributed by atoms with Crippen LogP contribution in [0.5, 0.6) is 0 Å². The molecule has 0 fully saturated rings. The standard InChI is InChI=1S/C42H72N4O16S8/c47-17-39(18-48,19-49)43-29(59)9-1-5-13-63-33-34(64-14-6-2-10-30(60)44-40(20-50,21-51)22-52)68-37(67-33)38-69-35(65-15-7-3-11-31(61)45-41(23-53,24-54)25-55)36(70-38)66-16-8-4-12-32(62)46-42(26-56,27-57)28-58/h47-58H,1-28H2,(H,43,59)(H,44,60)(H,45,61)(H,46,62). The van der Waals surface area contributed by atoms with Crippen molar-refractivity contribution >= 4 is 118 Å². The van der Waals surface area contributed by atoms with E-state index in [1.807, 2.05) is 0 Å². The molecule has 0 radical (unpaired) electrons. The van der Waals surface area contributed by atoms with Gasteiger partial charge in [0.05, 0.1) is 105 Å². The second-order valence-electron chi connectivity index (χ2n) is 16.6. The summed E-state index contributed by atoms with van der Waals surface area (Å²) in [5.74, 6) is 1.19. The number of amides is 4. The van der Waals surface area contributed by atoms with Crippen LogP contribution in [0.1, 0.15) is 77.0 Å². The van der Waals surface area contributed by atoms with Gasteiger partial charge in [-0.05, 0) is 74.4 Å². The average molecular weight is 1150 g/mol. The first-order valence-corrected chi connectivity index (χ1v) is 29.8. The first-order valence-electron chi connectivity index (χ1n) is 22.6. The third kappa shape index (κ3) is 22.3. The topological polar surface area (TPSA) is 359 Å². The first kappa shape index (κ1) is 65.5. The minimum Gasteiger partial charge on any atom is -0.394 e. The second kappa shape index (κ2) is 35.6. The summed E-state index contributed by atoms with van der Waals surface area (Å²) >= 11 is 13.3. The molecule has 0 saturated carbocycles. The largest absolute Gasteiger partial charge is 0.394 e. The number of aliphatic hydroxyl groups excluding tert-OH is 12. The summed E-state index contributed by atoms with van der Waals surface area (Å²) in [5, 5.41) is 125. The molecule has 0 spiro atoms. The number of carbonyl (C=O) groups is 4. The molecule has 28 heteroatoms. The number of carbonyl (C=O) groups excluding carboxylic acids is 4. The Balaban J connectivity index is 2.18. The van der Waals surface area contributed by atoms with E-state index in [0.29, 0.717) is 74.4 Å². The van der Waals surface area contributed by atoms with E-state index < -0.39 is 125 Å². The lowest BCUT2D eigenvalue weighted by molar-refractivity contribution is -0.126. The van der Waals surface area contributed by atoms with Gasteiger partial charge < -0.3 is 82.5 Å². The molecule has 0 bridgehead atoms. The van der Waals surface area contributed by atoms with Crippen molar-refractivity contribution in [2.24, 2.45) is 0 Å². The first-order chi connectivity index (χ1) is 33.6. The number of hydrogen-bond acceptors (Lipinski definition) is 24. The third-order valence-electron chi connectivity index (χ3n) is 10.6. The SMILES string of the molecule is O=C(CCCCSC1=C(SCCCCC(=O)NC(CO)(CO)CO)SC(=C2SC(SCCCCC(=O)NC(CO)(CO)CO)=C(SCCCCC(=O)NC(CO)(CO)CO)S2)S1)NC(CO)(CO)CO. The highest BCUT2D eigenvalue weighted by atomic mass is 32.3. The van der Waals surface area contributed by atoms with Crippen LogP contribution >= 0.6 is 94.1 Å². The number of aliphatic hydroxyl groups is 12. The number of thioether (sulfide) groups is 8. The lowest BCUT2D eigenvalue weighted by atomic mass is 10.0. The normalized spacial score (nSPS) is 14.8. The average Bonchev–Trinajstić information content (AvgIpc) is 3.98. The Morgan fingerprint density at radius 3 is 0.643 bits per heavy atom. The summed E-state index contributed by atoms with van der Waals surface area (Å²) in [5.41, 5.74) is -5.98. The molecule has 0 saturated heterocycles. The van der Waals surface area contributed by atoms with Crippen molar-refractivity contribution in [1.29, 1.82) is 0 Å². The number of hydrogen-bond donors (Lipinski definition) is 16. The van der Waals surface area contributed by atoms with Gasteiger partial charge in [-0.3, -0.25) is 19.2 Å². The van der Waals surface area contributed by atoms with Crippen LogP contribution in [0.3, 0.4) is 0 Å². The summed E-state index contributed by atoms with van der Waals surface area (Å²) in [6.07, 6.45) is 5.39. The van der Waals surface area contributed by atoms with Gasteiger partial charge in [0.2, 0.25) is 23.6 Å². The fraction of sp³-hybridized carbons (Fsp3) is 0.762. The number of rotatable bonds is 40. The Hall–Kier alpha value is -0.580. The van der Waals surface area contributed by atoms with Gasteiger partial charge in [0, 0.05) is 25.7 Å². The van der Waals surface area contributed by atoms with Gasteiger partial charge in [0.1, 0.15) is 22.2 Å². The molecule has 0 unspecified atom stereocenters. The Morgan fingerprint density at radius 1 is 0.314 bits per heavy atom. The van der Waals surface area contributed by atoms with Crippen molar-refractivity contribution in [2.45, 2.75) is 99.2 Å². The minimum atomic E-state index is -1.50. The molecule has 0 aromatic heterocycles. The minimum absolute atomic E-state index is 0.139. The van der Waals surface area contributed by atoms with Crippen molar-refractivity contribution in [3.8, 4) is 0 Å². The van der Waals surface area contributed by atoms with E-state index in [-0.39, 0.29) is 25.7 Å². The van der Waals surface area contributed by atoms with Crippen LogP contribution in [-0.2, 0) is 19.2 Å². The van der Waals surface area contributed by atoms with Crippen LogP contribution in [0.2, 0.25) is 0 Å². The van der Waals surface area contributed by atoms with E-state index in [0.717, 1.165) is 25.4 Å². The fourth-order valence-corrected chi connectivity index (χ4v) is 18.1. The Bertz CT molecular complexity index is 1450. The van der Waals surface area contributed by atoms with E-state index in [9.17, 15) is 80.5 Å². The zero-order chi connectivity index (χ0) is 52.1. The number of unbranched alkanes of at least 4 members (excludes halogenated alkanes) is 4. The summed E-state index contributed by atoms with van der Waals surface area (Å²) in [6, 6.07) is 0. The molecule has 0 atom stereocenters. The molecule has 20 nitrogen and oxygen atoms in total. The van der Waals surface area contributed by atoms with Gasteiger partial charge in [-0.2, -0.15) is 0 Å². The van der Waals surface area contributed by atoms with Crippen LogP contribution in [0.15, 0.2) is 25.4 Å². The van der Waals surface area contributed by atoms with Gasteiger partial charge in [-0.15, -0.1) is 47.0 Å². The lowest BCUT2D eigenvalue weighted by Crippen LogP contribution is -2.57. The maximum absolute atomic E-state index is 12.6. The molecule has 16 N–H and O–H groups in total. The molecular weight excluding hydrogens is 1070 g/mol. The van der Waals surface area contributed by atoms with Crippen molar-refractivity contribution in [2.75, 3.05) is 102 Å². The van der Waals surface area contributed by atoms with E-state index in [2.05, 4.69) is 21.3 Å². The fourth-order valence-electron chi connectivity index (χ4n) is 5.78. The Kier molecular flexibility index (Phi) is 33.4. The van der Waals surface area contributed by atoms with Crippen molar-refractivity contribution in [3.63, 3.8) is 0 Å². The summed E-state index contributed by atoms with van der Waals surface area (Å²) < 4.78 is 6.53. The third-order valence-corrected chi connectivity index (χ3v) is 22.5. The van der Waals surface area contributed by atoms with Crippen molar-refractivity contribution < 1.29 is 80.5 Å². The van der Waals surface area contributed by atoms with E-state index in [4.69, 9.17) is 0 Å². The van der Waals surface area contributed by atoms with Crippen LogP contribution in [0, 0.1) is 0 Å². The van der Waals surface area contributed by atoms with Gasteiger partial charge in [-0.1, -0.05) is 47.0 Å². The van der Waals surface area contributed by atoms with Gasteiger partial charge in [-0.25, -0.2) is 0 Å². The Labute approximate surface area is 443 Å². The number of nitrogens with one attached hydrogen (secondary N) is 4. The summed E-state index contributed by atoms with van der Waals surface area (Å²) in [6.45, 7) is -7.33. The molecule has 404 valence electrons. The molecule has 2 aliphatic heterocycles. The van der Waals surface area contributed by atoms with E-state index in [1.54, 1.807) is 94.1 Å². The maximum Gasteiger partial charge on any atom is 0.220 e. The quantitative estimate of drug-likeness (QED) is 0.0366. The van der Waals surface area contributed by atoms with Gasteiger partial charge >= 0.3 is 0 Å². The maximum atomic E-state index is 12.6. The molecule has 2 aliphatic rings. The predicted octanol–water partition coefficient (Wildman–Crippen LogP) is 0.268. The molecule has 2 heterocycles. The highest BCUT2D eigenvalue weighted by molar-refractivity contribution is 8.45. The van der Waals surface area contributed by atoms with Gasteiger partial charge in [0.25, 0.3) is 0 Å². The van der Waals surface area contributed by atoms with E-state index in [1.165, 1.54) is 0 Å². The van der Waals surface area contributed by atoms with Gasteiger partial charge in [0.15, 0.2) is 0 Å². The van der Waals surface area contributed by atoms with Crippen LogP contribution in [0.25, 0.3) is 0 Å². The molecular formula is C42H72N4O16S8. The van der Waals surface area contributed by atoms with Crippen molar-refractivity contribution in [1.82, 2.24) is 21.3 Å². The highest BCUT2D eigenvalue weighted by Crippen LogP contribution is 2.66. The monoisotopic (exact) mass is 1140 g/mol. The van der Waals surface area contributed by atoms with Crippen LogP contribution < -0.4 is 21.3 Å². The molecule has 0 aromatic carbocycles. The molecule has 0 aliphatic carbocycles. The highest BCUT2D eigenvalue weighted by Gasteiger charge is 2.34. The smallest absolute Gasteiger partial charge is 0.220 e. The zero-order valence-corrected chi connectivity index (χ0v) is 45.6. The molecule has 2 rings (SSSR count). The molecule has 70 heavy (non-hydrogen) atoms. The van der Waals surface area contributed by atoms with E-state index >= 15 is 0 Å². The van der Waals surface area contributed by atoms with Crippen molar-refractivity contribution in [3.05, 3.63) is 25.4 Å². The summed E-state index contributed by atoms with van der Waals surface area (Å²) in [4.78, 5) is 50.2.